The lowest BCUT2D eigenvalue weighted by atomic mass is 10.1. The zero-order chi connectivity index (χ0) is 24.0. The van der Waals surface area contributed by atoms with E-state index in [9.17, 15) is 17.6 Å². The van der Waals surface area contributed by atoms with Crippen molar-refractivity contribution in [3.05, 3.63) is 96.6 Å². The number of ether oxygens (including phenoxy) is 1. The molecule has 1 N–H and O–H groups in total. The van der Waals surface area contributed by atoms with Gasteiger partial charge in [-0.2, -0.15) is 0 Å². The van der Waals surface area contributed by atoms with Gasteiger partial charge in [0.25, 0.3) is 5.91 Å². The molecule has 0 saturated carbocycles. The summed E-state index contributed by atoms with van der Waals surface area (Å²) in [6.07, 6.45) is 4.20. The van der Waals surface area contributed by atoms with Gasteiger partial charge in [0.1, 0.15) is 11.6 Å². The molecule has 0 aliphatic carbocycles. The van der Waals surface area contributed by atoms with Gasteiger partial charge >= 0.3 is 0 Å². The van der Waals surface area contributed by atoms with Gasteiger partial charge in [0, 0.05) is 25.9 Å². The number of halogens is 1. The first-order valence-corrected chi connectivity index (χ1v) is 11.5. The molecule has 0 aliphatic heterocycles. The van der Waals surface area contributed by atoms with Crippen molar-refractivity contribution in [3.63, 3.8) is 0 Å². The van der Waals surface area contributed by atoms with Crippen LogP contribution in [0.1, 0.15) is 15.9 Å². The van der Waals surface area contributed by atoms with Crippen molar-refractivity contribution in [3.8, 4) is 5.75 Å². The molecule has 172 valence electrons. The normalized spacial score (nSPS) is 12.0. The predicted octanol–water partition coefficient (Wildman–Crippen LogP) is 3.90. The van der Waals surface area contributed by atoms with E-state index in [0.717, 1.165) is 0 Å². The minimum Gasteiger partial charge on any atom is -0.494 e. The number of pyridine rings is 1. The standard InChI is InChI=1S/C24H24FN3O4S/c1-4-23(27-20-15-26-14-13-21(20)32-3)33(30,31)22-8-6-5-7-19(22)24(29)28(2)16-17-9-11-18(25)12-10-17/h4-15,23,27H,1,16H2,2-3H3. The van der Waals surface area contributed by atoms with E-state index in [1.54, 1.807) is 37.4 Å². The smallest absolute Gasteiger partial charge is 0.255 e. The summed E-state index contributed by atoms with van der Waals surface area (Å²) in [6, 6.07) is 13.3. The summed E-state index contributed by atoms with van der Waals surface area (Å²) in [4.78, 5) is 18.4. The van der Waals surface area contributed by atoms with E-state index < -0.39 is 21.1 Å². The molecule has 1 heterocycles. The highest BCUT2D eigenvalue weighted by Crippen LogP contribution is 2.28. The fourth-order valence-electron chi connectivity index (χ4n) is 3.25. The van der Waals surface area contributed by atoms with Gasteiger partial charge in [-0.3, -0.25) is 9.78 Å². The zero-order valence-corrected chi connectivity index (χ0v) is 19.0. The summed E-state index contributed by atoms with van der Waals surface area (Å²) in [5.41, 5.74) is 1.10. The Balaban J connectivity index is 1.91. The maximum Gasteiger partial charge on any atom is 0.255 e. The molecule has 33 heavy (non-hydrogen) atoms. The molecule has 0 fully saturated rings. The lowest BCUT2D eigenvalue weighted by molar-refractivity contribution is 0.0781. The van der Waals surface area contributed by atoms with Crippen LogP contribution < -0.4 is 10.1 Å². The van der Waals surface area contributed by atoms with Crippen LogP contribution in [0.2, 0.25) is 0 Å². The highest BCUT2D eigenvalue weighted by molar-refractivity contribution is 7.92. The van der Waals surface area contributed by atoms with Crippen LogP contribution in [0.15, 0.2) is 84.5 Å². The summed E-state index contributed by atoms with van der Waals surface area (Å²) in [6.45, 7) is 3.83. The second-order valence-corrected chi connectivity index (χ2v) is 9.24. The Kier molecular flexibility index (Phi) is 7.44. The molecule has 0 radical (unpaired) electrons. The molecule has 2 aromatic carbocycles. The van der Waals surface area contributed by atoms with Crippen molar-refractivity contribution in [2.75, 3.05) is 19.5 Å². The highest BCUT2D eigenvalue weighted by atomic mass is 32.2. The minimum absolute atomic E-state index is 0.0221. The molecule has 0 bridgehead atoms. The predicted molar refractivity (Wildman–Crippen MR) is 124 cm³/mol. The lowest BCUT2D eigenvalue weighted by Gasteiger charge is -2.22. The molecule has 0 aliphatic rings. The molecule has 1 atom stereocenters. The summed E-state index contributed by atoms with van der Waals surface area (Å²) in [7, 11) is -1.06. The Morgan fingerprint density at radius 2 is 1.91 bits per heavy atom. The van der Waals surface area contributed by atoms with Crippen molar-refractivity contribution < 1.29 is 22.3 Å². The number of rotatable bonds is 9. The molecule has 3 rings (SSSR count). The quantitative estimate of drug-likeness (QED) is 0.478. The number of aromatic nitrogens is 1. The third-order valence-corrected chi connectivity index (χ3v) is 6.90. The number of hydrogen-bond donors (Lipinski definition) is 1. The van der Waals surface area contributed by atoms with E-state index in [4.69, 9.17) is 4.74 Å². The zero-order valence-electron chi connectivity index (χ0n) is 18.2. The van der Waals surface area contributed by atoms with E-state index in [1.807, 2.05) is 0 Å². The SMILES string of the molecule is C=CC(Nc1cnccc1OC)S(=O)(=O)c1ccccc1C(=O)N(C)Cc1ccc(F)cc1. The number of benzene rings is 2. The van der Waals surface area contributed by atoms with Crippen LogP contribution in [0, 0.1) is 5.82 Å². The van der Waals surface area contributed by atoms with Gasteiger partial charge in [-0.15, -0.1) is 0 Å². The van der Waals surface area contributed by atoms with Gasteiger partial charge < -0.3 is 15.0 Å². The second-order valence-electron chi connectivity index (χ2n) is 7.21. The summed E-state index contributed by atoms with van der Waals surface area (Å²) < 4.78 is 45.4. The number of anilines is 1. The highest BCUT2D eigenvalue weighted by Gasteiger charge is 2.30. The monoisotopic (exact) mass is 469 g/mol. The Morgan fingerprint density at radius 1 is 1.21 bits per heavy atom. The van der Waals surface area contributed by atoms with Gasteiger partial charge in [-0.1, -0.05) is 36.9 Å². The Bertz CT molecular complexity index is 1250. The first kappa shape index (κ1) is 23.9. The topological polar surface area (TPSA) is 88.6 Å². The molecule has 7 nitrogen and oxygen atoms in total. The van der Waals surface area contributed by atoms with Crippen LogP contribution >= 0.6 is 0 Å². The van der Waals surface area contributed by atoms with E-state index in [0.29, 0.717) is 17.0 Å². The lowest BCUT2D eigenvalue weighted by Crippen LogP contribution is -2.32. The van der Waals surface area contributed by atoms with Crippen molar-refractivity contribution >= 4 is 21.4 Å². The molecular weight excluding hydrogens is 445 g/mol. The van der Waals surface area contributed by atoms with E-state index >= 15 is 0 Å². The van der Waals surface area contributed by atoms with E-state index in [2.05, 4.69) is 16.9 Å². The van der Waals surface area contributed by atoms with Gasteiger partial charge in [-0.25, -0.2) is 12.8 Å². The number of methoxy groups -OCH3 is 1. The Hall–Kier alpha value is -3.72. The third kappa shape index (κ3) is 5.38. The molecule has 0 spiro atoms. The summed E-state index contributed by atoms with van der Waals surface area (Å²) in [5, 5.41) is 1.63. The fourth-order valence-corrected chi connectivity index (χ4v) is 4.79. The summed E-state index contributed by atoms with van der Waals surface area (Å²) >= 11 is 0. The Labute approximate surface area is 192 Å². The average molecular weight is 470 g/mol. The maximum atomic E-state index is 13.5. The molecule has 1 amide bonds. The molecule has 3 aromatic rings. The van der Waals surface area contributed by atoms with Crippen molar-refractivity contribution in [2.24, 2.45) is 0 Å². The number of carbonyl (C=O) groups excluding carboxylic acids is 1. The fraction of sp³-hybridized carbons (Fsp3) is 0.167. The Morgan fingerprint density at radius 3 is 2.58 bits per heavy atom. The van der Waals surface area contributed by atoms with E-state index in [-0.39, 0.29) is 22.8 Å². The van der Waals surface area contributed by atoms with Gasteiger partial charge in [0.05, 0.1) is 29.5 Å². The third-order valence-electron chi connectivity index (χ3n) is 4.95. The first-order valence-electron chi connectivity index (χ1n) is 9.98. The first-order chi connectivity index (χ1) is 15.8. The second kappa shape index (κ2) is 10.3. The van der Waals surface area contributed by atoms with Crippen molar-refractivity contribution in [1.29, 1.82) is 0 Å². The number of amides is 1. The number of hydrogen-bond acceptors (Lipinski definition) is 6. The van der Waals surface area contributed by atoms with Crippen LogP contribution in [-0.4, -0.2) is 43.7 Å². The van der Waals surface area contributed by atoms with Gasteiger partial charge in [0.15, 0.2) is 5.37 Å². The van der Waals surface area contributed by atoms with Gasteiger partial charge in [0.2, 0.25) is 9.84 Å². The molecule has 1 unspecified atom stereocenters. The summed E-state index contributed by atoms with van der Waals surface area (Å²) in [5.74, 6) is -0.451. The van der Waals surface area contributed by atoms with Gasteiger partial charge in [-0.05, 0) is 29.8 Å². The molecule has 0 saturated heterocycles. The average Bonchev–Trinajstić information content (AvgIpc) is 2.83. The minimum atomic E-state index is -4.07. The van der Waals surface area contributed by atoms with Crippen LogP contribution in [-0.2, 0) is 16.4 Å². The van der Waals surface area contributed by atoms with Crippen molar-refractivity contribution in [1.82, 2.24) is 9.88 Å². The molecular formula is C24H24FN3O4S. The van der Waals surface area contributed by atoms with Crippen LogP contribution in [0.3, 0.4) is 0 Å². The number of carbonyl (C=O) groups is 1. The van der Waals surface area contributed by atoms with Crippen LogP contribution in [0.5, 0.6) is 5.75 Å². The van der Waals surface area contributed by atoms with Crippen molar-refractivity contribution in [2.45, 2.75) is 16.8 Å². The molecule has 9 heteroatoms. The van der Waals surface area contributed by atoms with Crippen LogP contribution in [0.4, 0.5) is 10.1 Å². The largest absolute Gasteiger partial charge is 0.494 e. The van der Waals surface area contributed by atoms with Crippen LogP contribution in [0.25, 0.3) is 0 Å². The number of nitrogens with zero attached hydrogens (tertiary/aromatic N) is 2. The molecule has 1 aromatic heterocycles. The maximum absolute atomic E-state index is 13.5. The van der Waals surface area contributed by atoms with E-state index in [1.165, 1.54) is 54.7 Å². The number of sulfone groups is 1. The number of nitrogens with one attached hydrogen (secondary N) is 1.